The van der Waals surface area contributed by atoms with Gasteiger partial charge in [-0.1, -0.05) is 6.07 Å². The quantitative estimate of drug-likeness (QED) is 0.825. The summed E-state index contributed by atoms with van der Waals surface area (Å²) in [6, 6.07) is 1.90. The second-order valence-electron chi connectivity index (χ2n) is 5.51. The molecule has 1 atom stereocenters. The van der Waals surface area contributed by atoms with Crippen molar-refractivity contribution in [3.63, 3.8) is 0 Å². The number of amides is 1. The molecule has 1 amide bonds. The average Bonchev–Trinajstić information content (AvgIpc) is 2.49. The molecule has 1 heterocycles. The topological polar surface area (TPSA) is 44.4 Å². The first-order valence-electron chi connectivity index (χ1n) is 7.35. The van der Waals surface area contributed by atoms with Crippen LogP contribution in [0.3, 0.4) is 0 Å². The van der Waals surface area contributed by atoms with Crippen LogP contribution in [-0.2, 0) is 0 Å². The molecule has 0 aliphatic carbocycles. The Morgan fingerprint density at radius 3 is 2.61 bits per heavy atom. The summed E-state index contributed by atoms with van der Waals surface area (Å²) in [5, 5.41) is 5.27. The Labute approximate surface area is 131 Å². The molecule has 128 valence electrons. The van der Waals surface area contributed by atoms with Gasteiger partial charge in [0.1, 0.15) is 11.9 Å². The lowest BCUT2D eigenvalue weighted by Crippen LogP contribution is -2.57. The second-order valence-corrected chi connectivity index (χ2v) is 5.51. The molecule has 1 fully saturated rings. The van der Waals surface area contributed by atoms with Crippen LogP contribution in [0.1, 0.15) is 15.9 Å². The van der Waals surface area contributed by atoms with Gasteiger partial charge in [-0.15, -0.1) is 0 Å². The van der Waals surface area contributed by atoms with Crippen molar-refractivity contribution in [2.75, 3.05) is 32.7 Å². The van der Waals surface area contributed by atoms with Gasteiger partial charge < -0.3 is 10.6 Å². The van der Waals surface area contributed by atoms with Crippen molar-refractivity contribution in [2.24, 2.45) is 0 Å². The van der Waals surface area contributed by atoms with E-state index in [9.17, 15) is 22.4 Å². The maximum Gasteiger partial charge on any atom is 0.405 e. The highest BCUT2D eigenvalue weighted by molar-refractivity contribution is 5.95. The van der Waals surface area contributed by atoms with Crippen molar-refractivity contribution in [2.45, 2.75) is 19.1 Å². The lowest BCUT2D eigenvalue weighted by atomic mass is 10.1. The zero-order chi connectivity index (χ0) is 17.0. The number of nitrogens with one attached hydrogen (secondary N) is 2. The van der Waals surface area contributed by atoms with Crippen LogP contribution in [0.25, 0.3) is 0 Å². The SMILES string of the molecule is Cc1ccc(F)cc1C(=O)NCC(N1CCNCC1)C(F)(F)F. The van der Waals surface area contributed by atoms with E-state index in [1.807, 2.05) is 0 Å². The number of carbonyl (C=O) groups excluding carboxylic acids is 1. The summed E-state index contributed by atoms with van der Waals surface area (Å²) >= 11 is 0. The predicted octanol–water partition coefficient (Wildman–Crippen LogP) is 1.70. The third kappa shape index (κ3) is 4.65. The molecule has 23 heavy (non-hydrogen) atoms. The molecule has 8 heteroatoms. The van der Waals surface area contributed by atoms with Gasteiger partial charge in [0.15, 0.2) is 0 Å². The molecule has 0 spiro atoms. The fourth-order valence-corrected chi connectivity index (χ4v) is 2.57. The fraction of sp³-hybridized carbons (Fsp3) is 0.533. The van der Waals surface area contributed by atoms with E-state index in [1.54, 1.807) is 6.92 Å². The summed E-state index contributed by atoms with van der Waals surface area (Å²) in [6.07, 6.45) is -4.44. The molecule has 1 aromatic carbocycles. The van der Waals surface area contributed by atoms with Crippen molar-refractivity contribution < 1.29 is 22.4 Å². The van der Waals surface area contributed by atoms with Crippen LogP contribution < -0.4 is 10.6 Å². The number of benzene rings is 1. The summed E-state index contributed by atoms with van der Waals surface area (Å²) in [5.74, 6) is -1.30. The molecule has 0 aromatic heterocycles. The van der Waals surface area contributed by atoms with Crippen LogP contribution in [0.4, 0.5) is 17.6 Å². The third-order valence-corrected chi connectivity index (χ3v) is 3.87. The summed E-state index contributed by atoms with van der Waals surface area (Å²) in [6.45, 7) is 2.52. The molecular formula is C15H19F4N3O. The molecule has 2 rings (SSSR count). The predicted molar refractivity (Wildman–Crippen MR) is 77.8 cm³/mol. The number of carbonyl (C=O) groups is 1. The van der Waals surface area contributed by atoms with Gasteiger partial charge in [0, 0.05) is 38.3 Å². The number of nitrogens with zero attached hydrogens (tertiary/aromatic N) is 1. The van der Waals surface area contributed by atoms with Crippen LogP contribution in [0.2, 0.25) is 0 Å². The van der Waals surface area contributed by atoms with Gasteiger partial charge >= 0.3 is 6.18 Å². The summed E-state index contributed by atoms with van der Waals surface area (Å²) in [5.41, 5.74) is 0.556. The molecule has 1 unspecified atom stereocenters. The van der Waals surface area contributed by atoms with Gasteiger partial charge in [-0.3, -0.25) is 9.69 Å². The van der Waals surface area contributed by atoms with Gasteiger partial charge in [-0.05, 0) is 24.6 Å². The first kappa shape index (κ1) is 17.7. The number of piperazine rings is 1. The van der Waals surface area contributed by atoms with E-state index in [4.69, 9.17) is 0 Å². The molecule has 0 saturated carbocycles. The number of rotatable bonds is 4. The largest absolute Gasteiger partial charge is 0.405 e. The van der Waals surface area contributed by atoms with Gasteiger partial charge in [0.05, 0.1) is 0 Å². The van der Waals surface area contributed by atoms with Crippen molar-refractivity contribution in [1.82, 2.24) is 15.5 Å². The molecular weight excluding hydrogens is 314 g/mol. The fourth-order valence-electron chi connectivity index (χ4n) is 2.57. The minimum atomic E-state index is -4.44. The molecule has 1 aliphatic rings. The average molecular weight is 333 g/mol. The van der Waals surface area contributed by atoms with Gasteiger partial charge in [0.2, 0.25) is 0 Å². The minimum Gasteiger partial charge on any atom is -0.350 e. The Kier molecular flexibility index (Phi) is 5.59. The maximum atomic E-state index is 13.2. The smallest absolute Gasteiger partial charge is 0.350 e. The van der Waals surface area contributed by atoms with Gasteiger partial charge in [-0.2, -0.15) is 13.2 Å². The Bertz CT molecular complexity index is 556. The molecule has 1 aliphatic heterocycles. The van der Waals surface area contributed by atoms with E-state index in [0.29, 0.717) is 18.7 Å². The number of halogens is 4. The maximum absolute atomic E-state index is 13.2. The van der Waals surface area contributed by atoms with Crippen LogP contribution in [0, 0.1) is 12.7 Å². The van der Waals surface area contributed by atoms with Crippen LogP contribution in [0.5, 0.6) is 0 Å². The van der Waals surface area contributed by atoms with Crippen molar-refractivity contribution in [1.29, 1.82) is 0 Å². The first-order chi connectivity index (χ1) is 10.8. The van der Waals surface area contributed by atoms with Crippen LogP contribution in [0.15, 0.2) is 18.2 Å². The molecule has 1 aromatic rings. The standard InChI is InChI=1S/C15H19F4N3O/c1-10-2-3-11(16)8-12(10)14(23)21-9-13(15(17,18)19)22-6-4-20-5-7-22/h2-3,8,13,20H,4-7,9H2,1H3,(H,21,23). The van der Waals surface area contributed by atoms with Gasteiger partial charge in [-0.25, -0.2) is 4.39 Å². The summed E-state index contributed by atoms with van der Waals surface area (Å²) < 4.78 is 52.9. The lowest BCUT2D eigenvalue weighted by molar-refractivity contribution is -0.183. The highest BCUT2D eigenvalue weighted by atomic mass is 19.4. The third-order valence-electron chi connectivity index (χ3n) is 3.87. The molecule has 2 N–H and O–H groups in total. The molecule has 1 saturated heterocycles. The zero-order valence-electron chi connectivity index (χ0n) is 12.7. The van der Waals surface area contributed by atoms with Gasteiger partial charge in [0.25, 0.3) is 5.91 Å². The molecule has 4 nitrogen and oxygen atoms in total. The van der Waals surface area contributed by atoms with E-state index < -0.39 is 30.5 Å². The van der Waals surface area contributed by atoms with E-state index in [-0.39, 0.29) is 18.7 Å². The Hall–Kier alpha value is -1.67. The normalized spacial score (nSPS) is 17.8. The van der Waals surface area contributed by atoms with E-state index in [2.05, 4.69) is 10.6 Å². The summed E-state index contributed by atoms with van der Waals surface area (Å²) in [4.78, 5) is 13.4. The number of hydrogen-bond donors (Lipinski definition) is 2. The first-order valence-corrected chi connectivity index (χ1v) is 7.35. The van der Waals surface area contributed by atoms with Crippen LogP contribution in [-0.4, -0.2) is 55.7 Å². The van der Waals surface area contributed by atoms with Crippen LogP contribution >= 0.6 is 0 Å². The Morgan fingerprint density at radius 2 is 2.00 bits per heavy atom. The number of alkyl halides is 3. The van der Waals surface area contributed by atoms with E-state index in [1.165, 1.54) is 17.0 Å². The number of aryl methyl sites for hydroxylation is 1. The van der Waals surface area contributed by atoms with Crippen molar-refractivity contribution in [3.05, 3.63) is 35.1 Å². The van der Waals surface area contributed by atoms with Crippen molar-refractivity contribution >= 4 is 5.91 Å². The minimum absolute atomic E-state index is 0.0474. The lowest BCUT2D eigenvalue weighted by Gasteiger charge is -2.35. The monoisotopic (exact) mass is 333 g/mol. The summed E-state index contributed by atoms with van der Waals surface area (Å²) in [7, 11) is 0. The Balaban J connectivity index is 2.05. The molecule has 0 bridgehead atoms. The Morgan fingerprint density at radius 1 is 1.35 bits per heavy atom. The molecule has 0 radical (unpaired) electrons. The second kappa shape index (κ2) is 7.27. The number of hydrogen-bond acceptors (Lipinski definition) is 3. The highest BCUT2D eigenvalue weighted by Gasteiger charge is 2.43. The highest BCUT2D eigenvalue weighted by Crippen LogP contribution is 2.25. The van der Waals surface area contributed by atoms with E-state index >= 15 is 0 Å². The van der Waals surface area contributed by atoms with Crippen molar-refractivity contribution in [3.8, 4) is 0 Å². The van der Waals surface area contributed by atoms with E-state index in [0.717, 1.165) is 6.07 Å². The zero-order valence-corrected chi connectivity index (χ0v) is 12.7.